The molecule has 9 heteroatoms. The SMILES string of the molecule is CSc1cccc(NC(=O)CN2C(=O)S/C(=C/c3ccccc3OCCOc3ccccc3)C2=O)c1. The molecule has 3 amide bonds. The molecular formula is C27H24N2O5S2. The minimum Gasteiger partial charge on any atom is -0.490 e. The van der Waals surface area contributed by atoms with E-state index in [2.05, 4.69) is 5.32 Å². The van der Waals surface area contributed by atoms with Crippen molar-refractivity contribution in [1.82, 2.24) is 4.90 Å². The monoisotopic (exact) mass is 520 g/mol. The maximum Gasteiger partial charge on any atom is 0.294 e. The summed E-state index contributed by atoms with van der Waals surface area (Å²) in [6, 6.07) is 24.0. The zero-order chi connectivity index (χ0) is 25.3. The molecular weight excluding hydrogens is 496 g/mol. The Kier molecular flexibility index (Phi) is 8.70. The number of carbonyl (C=O) groups excluding carboxylic acids is 3. The van der Waals surface area contributed by atoms with Crippen LogP contribution in [-0.2, 0) is 9.59 Å². The van der Waals surface area contributed by atoms with Crippen LogP contribution in [0.2, 0.25) is 0 Å². The van der Waals surface area contributed by atoms with E-state index >= 15 is 0 Å². The van der Waals surface area contributed by atoms with Crippen molar-refractivity contribution in [1.29, 1.82) is 0 Å². The van der Waals surface area contributed by atoms with Crippen LogP contribution in [0.1, 0.15) is 5.56 Å². The van der Waals surface area contributed by atoms with E-state index in [0.29, 0.717) is 30.2 Å². The van der Waals surface area contributed by atoms with Gasteiger partial charge in [-0.25, -0.2) is 0 Å². The number of carbonyl (C=O) groups is 3. The summed E-state index contributed by atoms with van der Waals surface area (Å²) < 4.78 is 11.5. The lowest BCUT2D eigenvalue weighted by Crippen LogP contribution is -2.36. The average molecular weight is 521 g/mol. The summed E-state index contributed by atoms with van der Waals surface area (Å²) in [4.78, 5) is 40.1. The van der Waals surface area contributed by atoms with Crippen LogP contribution in [-0.4, -0.2) is 48.0 Å². The lowest BCUT2D eigenvalue weighted by Gasteiger charge is -2.13. The lowest BCUT2D eigenvalue weighted by atomic mass is 10.2. The fraction of sp³-hybridized carbons (Fsp3) is 0.148. The molecule has 0 unspecified atom stereocenters. The first kappa shape index (κ1) is 25.4. The number of imide groups is 1. The molecule has 1 fully saturated rings. The highest BCUT2D eigenvalue weighted by atomic mass is 32.2. The van der Waals surface area contributed by atoms with Crippen LogP contribution in [0.3, 0.4) is 0 Å². The van der Waals surface area contributed by atoms with Crippen molar-refractivity contribution in [2.45, 2.75) is 4.90 Å². The summed E-state index contributed by atoms with van der Waals surface area (Å²) in [6.45, 7) is 0.295. The molecule has 4 rings (SSSR count). The number of hydrogen-bond acceptors (Lipinski definition) is 7. The standard InChI is InChI=1S/C27H24N2O5S2/c1-35-22-12-7-9-20(17-22)28-25(30)18-29-26(31)24(36-27(29)32)16-19-8-5-6-13-23(19)34-15-14-33-21-10-3-2-4-11-21/h2-13,16-17H,14-15,18H2,1H3,(H,28,30)/b24-16+. The quantitative estimate of drug-likeness (QED) is 0.213. The summed E-state index contributed by atoms with van der Waals surface area (Å²) in [6.07, 6.45) is 3.55. The minimum atomic E-state index is -0.514. The zero-order valence-corrected chi connectivity index (χ0v) is 21.1. The van der Waals surface area contributed by atoms with Gasteiger partial charge in [0.05, 0.1) is 4.91 Å². The van der Waals surface area contributed by atoms with Gasteiger partial charge in [-0.1, -0.05) is 42.5 Å². The normalized spacial score (nSPS) is 14.2. The first-order chi connectivity index (χ1) is 17.5. The number of ether oxygens (including phenoxy) is 2. The van der Waals surface area contributed by atoms with Crippen LogP contribution in [0.4, 0.5) is 10.5 Å². The van der Waals surface area contributed by atoms with Crippen LogP contribution >= 0.6 is 23.5 Å². The zero-order valence-electron chi connectivity index (χ0n) is 19.5. The second-order valence-corrected chi connectivity index (χ2v) is 9.47. The van der Waals surface area contributed by atoms with Crippen molar-refractivity contribution < 1.29 is 23.9 Å². The van der Waals surface area contributed by atoms with Crippen molar-refractivity contribution in [3.8, 4) is 11.5 Å². The molecule has 3 aromatic rings. The molecule has 1 aliphatic heterocycles. The molecule has 0 atom stereocenters. The molecule has 0 saturated carbocycles. The van der Waals surface area contributed by atoms with Crippen molar-refractivity contribution in [3.05, 3.63) is 89.3 Å². The first-order valence-electron chi connectivity index (χ1n) is 11.1. The van der Waals surface area contributed by atoms with E-state index in [1.807, 2.05) is 66.9 Å². The lowest BCUT2D eigenvalue weighted by molar-refractivity contribution is -0.127. The van der Waals surface area contributed by atoms with Crippen LogP contribution < -0.4 is 14.8 Å². The molecule has 0 aromatic heterocycles. The minimum absolute atomic E-state index is 0.230. The van der Waals surface area contributed by atoms with Crippen LogP contribution in [0, 0.1) is 0 Å². The van der Waals surface area contributed by atoms with E-state index in [9.17, 15) is 14.4 Å². The molecule has 0 spiro atoms. The van der Waals surface area contributed by atoms with Gasteiger partial charge < -0.3 is 14.8 Å². The van der Waals surface area contributed by atoms with Crippen molar-refractivity contribution >= 4 is 52.3 Å². The number of rotatable bonds is 10. The van der Waals surface area contributed by atoms with E-state index in [4.69, 9.17) is 9.47 Å². The van der Waals surface area contributed by atoms with Crippen molar-refractivity contribution in [3.63, 3.8) is 0 Å². The van der Waals surface area contributed by atoms with E-state index < -0.39 is 17.1 Å². The number of benzene rings is 3. The van der Waals surface area contributed by atoms with E-state index in [1.54, 1.807) is 36.0 Å². The molecule has 1 N–H and O–H groups in total. The Bertz CT molecular complexity index is 1280. The van der Waals surface area contributed by atoms with Gasteiger partial charge in [0.15, 0.2) is 0 Å². The smallest absolute Gasteiger partial charge is 0.294 e. The van der Waals surface area contributed by atoms with Gasteiger partial charge in [-0.3, -0.25) is 19.3 Å². The van der Waals surface area contributed by atoms with Gasteiger partial charge in [-0.15, -0.1) is 11.8 Å². The maximum atomic E-state index is 12.9. The number of para-hydroxylation sites is 2. The molecule has 0 bridgehead atoms. The highest BCUT2D eigenvalue weighted by molar-refractivity contribution is 8.18. The number of hydrogen-bond donors (Lipinski definition) is 1. The summed E-state index contributed by atoms with van der Waals surface area (Å²) in [5.74, 6) is 0.357. The summed E-state index contributed by atoms with van der Waals surface area (Å²) in [5, 5.41) is 2.25. The number of nitrogens with zero attached hydrogens (tertiary/aromatic N) is 1. The molecule has 7 nitrogen and oxygen atoms in total. The Morgan fingerprint density at radius 3 is 2.53 bits per heavy atom. The second kappa shape index (κ2) is 12.3. The average Bonchev–Trinajstić information content (AvgIpc) is 3.15. The fourth-order valence-corrected chi connectivity index (χ4v) is 4.67. The number of anilines is 1. The molecule has 36 heavy (non-hydrogen) atoms. The van der Waals surface area contributed by atoms with Crippen LogP contribution in [0.25, 0.3) is 6.08 Å². The third-order valence-electron chi connectivity index (χ3n) is 5.09. The predicted molar refractivity (Wildman–Crippen MR) is 143 cm³/mol. The molecule has 0 radical (unpaired) electrons. The van der Waals surface area contributed by atoms with Gasteiger partial charge in [0.2, 0.25) is 5.91 Å². The van der Waals surface area contributed by atoms with E-state index in [0.717, 1.165) is 27.3 Å². The van der Waals surface area contributed by atoms with Crippen LogP contribution in [0.5, 0.6) is 11.5 Å². The fourth-order valence-electron chi connectivity index (χ4n) is 3.38. The van der Waals surface area contributed by atoms with Gasteiger partial charge in [-0.2, -0.15) is 0 Å². The molecule has 0 aliphatic carbocycles. The van der Waals surface area contributed by atoms with Crippen molar-refractivity contribution in [2.75, 3.05) is 31.3 Å². The summed E-state index contributed by atoms with van der Waals surface area (Å²) in [7, 11) is 0. The van der Waals surface area contributed by atoms with Gasteiger partial charge in [-0.05, 0) is 60.5 Å². The van der Waals surface area contributed by atoms with E-state index in [1.165, 1.54) is 0 Å². The van der Waals surface area contributed by atoms with Crippen LogP contribution in [0.15, 0.2) is 88.7 Å². The number of thioether (sulfide) groups is 2. The highest BCUT2D eigenvalue weighted by Gasteiger charge is 2.36. The van der Waals surface area contributed by atoms with Crippen molar-refractivity contribution in [2.24, 2.45) is 0 Å². The maximum absolute atomic E-state index is 12.9. The highest BCUT2D eigenvalue weighted by Crippen LogP contribution is 2.34. The number of amides is 3. The molecule has 184 valence electrons. The Labute approximate surface area is 217 Å². The molecule has 1 aliphatic rings. The Balaban J connectivity index is 1.37. The Morgan fingerprint density at radius 2 is 1.72 bits per heavy atom. The molecule has 1 heterocycles. The second-order valence-electron chi connectivity index (χ2n) is 7.60. The third kappa shape index (κ3) is 6.71. The van der Waals surface area contributed by atoms with Gasteiger partial charge in [0.1, 0.15) is 31.3 Å². The largest absolute Gasteiger partial charge is 0.490 e. The summed E-state index contributed by atoms with van der Waals surface area (Å²) >= 11 is 2.35. The Hall–Kier alpha value is -3.69. The number of nitrogens with one attached hydrogen (secondary N) is 1. The third-order valence-corrected chi connectivity index (χ3v) is 6.72. The Morgan fingerprint density at radius 1 is 0.972 bits per heavy atom. The molecule has 1 saturated heterocycles. The van der Waals surface area contributed by atoms with Gasteiger partial charge >= 0.3 is 0 Å². The molecule has 3 aromatic carbocycles. The van der Waals surface area contributed by atoms with Gasteiger partial charge in [0.25, 0.3) is 11.1 Å². The predicted octanol–water partition coefficient (Wildman–Crippen LogP) is 5.54. The summed E-state index contributed by atoms with van der Waals surface area (Å²) in [5.41, 5.74) is 1.26. The topological polar surface area (TPSA) is 84.9 Å². The van der Waals surface area contributed by atoms with E-state index in [-0.39, 0.29) is 11.4 Å². The first-order valence-corrected chi connectivity index (χ1v) is 13.2. The van der Waals surface area contributed by atoms with Gasteiger partial charge in [0, 0.05) is 16.1 Å².